The topological polar surface area (TPSA) is 101 Å². The molecule has 224 valence electrons. The minimum atomic E-state index is -1.18. The molecular weight excluding hydrogens is 538 g/mol. The minimum absolute atomic E-state index is 0.0116. The van der Waals surface area contributed by atoms with Gasteiger partial charge in [0, 0.05) is 62.3 Å². The van der Waals surface area contributed by atoms with Crippen molar-refractivity contribution in [1.29, 1.82) is 0 Å². The molecule has 0 spiro atoms. The van der Waals surface area contributed by atoms with E-state index < -0.39 is 5.60 Å². The Morgan fingerprint density at radius 2 is 1.86 bits per heavy atom. The van der Waals surface area contributed by atoms with Crippen LogP contribution in [0.25, 0.3) is 28.2 Å². The lowest BCUT2D eigenvalue weighted by molar-refractivity contribution is 0.0740. The molecule has 0 bridgehead atoms. The first kappa shape index (κ1) is 30.0. The van der Waals surface area contributed by atoms with E-state index >= 15 is 0 Å². The standard InChI is InChI=1S/C34H41N7O2/c1-21(2)20-40(8)33(42)27-17-25(13-12-22(27)3)30-23(4)38-41-29(18-28(34(5,6)43)37-32(30)41)36-19-24-10-9-11-26(16-24)31-35-14-15-39(31)7/h9-18,21,36,43H,19-20H2,1-8H3. The summed E-state index contributed by atoms with van der Waals surface area (Å²) in [6.45, 7) is 12.8. The van der Waals surface area contributed by atoms with E-state index in [0.717, 1.165) is 39.3 Å². The van der Waals surface area contributed by atoms with E-state index in [4.69, 9.17) is 10.1 Å². The minimum Gasteiger partial charge on any atom is -0.384 e. The monoisotopic (exact) mass is 579 g/mol. The maximum absolute atomic E-state index is 13.4. The molecule has 0 saturated carbocycles. The van der Waals surface area contributed by atoms with Crippen molar-refractivity contribution in [1.82, 2.24) is 29.0 Å². The molecular formula is C34H41N7O2. The molecule has 43 heavy (non-hydrogen) atoms. The maximum Gasteiger partial charge on any atom is 0.253 e. The number of imidazole rings is 1. The quantitative estimate of drug-likeness (QED) is 0.223. The van der Waals surface area contributed by atoms with Crippen molar-refractivity contribution in [2.75, 3.05) is 18.9 Å². The first-order valence-corrected chi connectivity index (χ1v) is 14.6. The fraction of sp³-hybridized carbons (Fsp3) is 0.353. The zero-order chi connectivity index (χ0) is 31.1. The van der Waals surface area contributed by atoms with Crippen LogP contribution < -0.4 is 5.32 Å². The first-order valence-electron chi connectivity index (χ1n) is 14.6. The molecule has 9 heteroatoms. The lowest BCUT2D eigenvalue weighted by Crippen LogP contribution is -2.30. The summed E-state index contributed by atoms with van der Waals surface area (Å²) in [4.78, 5) is 24.5. The number of carbonyl (C=O) groups is 1. The number of aliphatic hydroxyl groups is 1. The Bertz CT molecular complexity index is 1790. The smallest absolute Gasteiger partial charge is 0.253 e. The number of carbonyl (C=O) groups excluding carboxylic acids is 1. The van der Waals surface area contributed by atoms with Crippen LogP contribution in [-0.2, 0) is 19.2 Å². The van der Waals surface area contributed by atoms with Gasteiger partial charge in [0.05, 0.1) is 11.4 Å². The molecule has 3 aromatic heterocycles. The number of benzene rings is 2. The highest BCUT2D eigenvalue weighted by Gasteiger charge is 2.25. The fourth-order valence-corrected chi connectivity index (χ4v) is 5.40. The van der Waals surface area contributed by atoms with Gasteiger partial charge in [-0.25, -0.2) is 9.97 Å². The van der Waals surface area contributed by atoms with Gasteiger partial charge in [0.15, 0.2) is 5.65 Å². The average Bonchev–Trinajstić information content (AvgIpc) is 3.53. The van der Waals surface area contributed by atoms with Gasteiger partial charge >= 0.3 is 0 Å². The highest BCUT2D eigenvalue weighted by molar-refractivity contribution is 5.97. The van der Waals surface area contributed by atoms with Gasteiger partial charge in [0.25, 0.3) is 5.91 Å². The summed E-state index contributed by atoms with van der Waals surface area (Å²) in [5.74, 6) is 1.96. The van der Waals surface area contributed by atoms with Crippen molar-refractivity contribution in [3.8, 4) is 22.5 Å². The third kappa shape index (κ3) is 6.17. The van der Waals surface area contributed by atoms with Crippen LogP contribution in [-0.4, -0.2) is 53.7 Å². The van der Waals surface area contributed by atoms with Crippen molar-refractivity contribution in [2.24, 2.45) is 13.0 Å². The van der Waals surface area contributed by atoms with E-state index in [-0.39, 0.29) is 5.91 Å². The number of nitrogens with zero attached hydrogens (tertiary/aromatic N) is 6. The lowest BCUT2D eigenvalue weighted by atomic mass is 9.98. The van der Waals surface area contributed by atoms with Crippen molar-refractivity contribution >= 4 is 17.4 Å². The second-order valence-electron chi connectivity index (χ2n) is 12.3. The number of aryl methyl sites for hydroxylation is 3. The lowest BCUT2D eigenvalue weighted by Gasteiger charge is -2.21. The van der Waals surface area contributed by atoms with Crippen LogP contribution in [0, 0.1) is 19.8 Å². The number of rotatable bonds is 9. The van der Waals surface area contributed by atoms with Gasteiger partial charge in [-0.3, -0.25) is 4.79 Å². The molecule has 2 aromatic carbocycles. The van der Waals surface area contributed by atoms with E-state index in [1.165, 1.54) is 0 Å². The fourth-order valence-electron chi connectivity index (χ4n) is 5.40. The molecule has 0 atom stereocenters. The summed E-state index contributed by atoms with van der Waals surface area (Å²) in [5.41, 5.74) is 6.08. The molecule has 0 fully saturated rings. The molecule has 2 N–H and O–H groups in total. The zero-order valence-electron chi connectivity index (χ0n) is 26.3. The molecule has 0 saturated heterocycles. The Morgan fingerprint density at radius 3 is 2.53 bits per heavy atom. The third-order valence-electron chi connectivity index (χ3n) is 7.61. The highest BCUT2D eigenvalue weighted by Crippen LogP contribution is 2.33. The van der Waals surface area contributed by atoms with Gasteiger partial charge < -0.3 is 19.9 Å². The summed E-state index contributed by atoms with van der Waals surface area (Å²) in [6, 6.07) is 16.0. The Hall–Kier alpha value is -4.50. The van der Waals surface area contributed by atoms with Crippen LogP contribution in [0.15, 0.2) is 60.9 Å². The number of nitrogens with one attached hydrogen (secondary N) is 1. The average molecular weight is 580 g/mol. The summed E-state index contributed by atoms with van der Waals surface area (Å²) in [6.07, 6.45) is 3.72. The second-order valence-corrected chi connectivity index (χ2v) is 12.3. The van der Waals surface area contributed by atoms with Crippen molar-refractivity contribution in [3.63, 3.8) is 0 Å². The van der Waals surface area contributed by atoms with Crippen molar-refractivity contribution < 1.29 is 9.90 Å². The van der Waals surface area contributed by atoms with Crippen molar-refractivity contribution in [3.05, 3.63) is 89.0 Å². The number of hydrogen-bond donors (Lipinski definition) is 2. The van der Waals surface area contributed by atoms with Gasteiger partial charge in [-0.2, -0.15) is 9.61 Å². The maximum atomic E-state index is 13.4. The van der Waals surface area contributed by atoms with E-state index in [9.17, 15) is 9.90 Å². The molecule has 0 radical (unpaired) electrons. The zero-order valence-corrected chi connectivity index (χ0v) is 26.3. The highest BCUT2D eigenvalue weighted by atomic mass is 16.3. The molecule has 5 rings (SSSR count). The van der Waals surface area contributed by atoms with Crippen LogP contribution in [0.2, 0.25) is 0 Å². The summed E-state index contributed by atoms with van der Waals surface area (Å²) in [5, 5.41) is 19.4. The van der Waals surface area contributed by atoms with Gasteiger partial charge in [-0.15, -0.1) is 0 Å². The van der Waals surface area contributed by atoms with Gasteiger partial charge in [-0.05, 0) is 62.4 Å². The predicted octanol–water partition coefficient (Wildman–Crippen LogP) is 5.98. The van der Waals surface area contributed by atoms with Gasteiger partial charge in [0.2, 0.25) is 0 Å². The molecule has 0 unspecified atom stereocenters. The molecule has 9 nitrogen and oxygen atoms in total. The van der Waals surface area contributed by atoms with E-state index in [2.05, 4.69) is 36.3 Å². The number of hydrogen-bond acceptors (Lipinski definition) is 6. The third-order valence-corrected chi connectivity index (χ3v) is 7.61. The van der Waals surface area contributed by atoms with Crippen molar-refractivity contribution in [2.45, 2.75) is 53.7 Å². The van der Waals surface area contributed by atoms with E-state index in [1.807, 2.05) is 75.1 Å². The van der Waals surface area contributed by atoms with Crippen LogP contribution in [0.4, 0.5) is 5.82 Å². The molecule has 5 aromatic rings. The van der Waals surface area contributed by atoms with Gasteiger partial charge in [0.1, 0.15) is 17.2 Å². The number of anilines is 1. The number of aromatic nitrogens is 5. The Kier molecular flexibility index (Phi) is 8.12. The summed E-state index contributed by atoms with van der Waals surface area (Å²) < 4.78 is 3.78. The van der Waals surface area contributed by atoms with E-state index in [0.29, 0.717) is 41.7 Å². The first-order chi connectivity index (χ1) is 20.3. The van der Waals surface area contributed by atoms with Crippen LogP contribution >= 0.6 is 0 Å². The predicted molar refractivity (Wildman–Crippen MR) is 171 cm³/mol. The molecule has 0 aliphatic rings. The van der Waals surface area contributed by atoms with Crippen LogP contribution in [0.3, 0.4) is 0 Å². The molecule has 0 aliphatic carbocycles. The summed E-state index contributed by atoms with van der Waals surface area (Å²) in [7, 11) is 3.82. The number of fused-ring (bicyclic) bond motifs is 1. The van der Waals surface area contributed by atoms with Gasteiger partial charge in [-0.1, -0.05) is 44.2 Å². The Balaban J connectivity index is 1.56. The second kappa shape index (κ2) is 11.6. The Labute approximate surface area is 253 Å². The molecule has 3 heterocycles. The largest absolute Gasteiger partial charge is 0.384 e. The van der Waals surface area contributed by atoms with E-state index in [1.54, 1.807) is 29.5 Å². The van der Waals surface area contributed by atoms with Crippen LogP contribution in [0.5, 0.6) is 0 Å². The summed E-state index contributed by atoms with van der Waals surface area (Å²) >= 11 is 0. The molecule has 0 aliphatic heterocycles. The number of amides is 1. The Morgan fingerprint density at radius 1 is 1.09 bits per heavy atom. The normalized spacial score (nSPS) is 11.9. The SMILES string of the molecule is Cc1ccc(-c2c(C)nn3c(NCc4cccc(-c5nccn5C)c4)cc(C(C)(C)O)nc23)cc1C(=O)N(C)CC(C)C. The van der Waals surface area contributed by atoms with Crippen LogP contribution in [0.1, 0.15) is 60.6 Å². The molecule has 1 amide bonds.